The lowest BCUT2D eigenvalue weighted by atomic mass is 10.1. The number of carbonyl (C=O) groups is 2. The molecule has 0 atom stereocenters. The largest absolute Gasteiger partial charge is 0.464 e. The molecule has 0 unspecified atom stereocenters. The Morgan fingerprint density at radius 3 is 2.50 bits per heavy atom. The molecular formula is C21H12Cl2N2O5. The maximum absolute atomic E-state index is 13.0. The molecule has 3 aromatic rings. The molecule has 0 fully saturated rings. The predicted molar refractivity (Wildman–Crippen MR) is 114 cm³/mol. The summed E-state index contributed by atoms with van der Waals surface area (Å²) in [6.07, 6.45) is 2.46. The molecule has 0 bridgehead atoms. The zero-order valence-electron chi connectivity index (χ0n) is 15.4. The van der Waals surface area contributed by atoms with Crippen LogP contribution in [-0.4, -0.2) is 24.7 Å². The van der Waals surface area contributed by atoms with Gasteiger partial charge in [-0.15, -0.1) is 0 Å². The summed E-state index contributed by atoms with van der Waals surface area (Å²) in [4.78, 5) is 38.1. The van der Waals surface area contributed by atoms with Crippen molar-refractivity contribution in [2.45, 2.75) is 0 Å². The van der Waals surface area contributed by atoms with E-state index in [1.165, 1.54) is 25.5 Å². The lowest BCUT2D eigenvalue weighted by molar-refractivity contribution is -0.132. The number of benzene rings is 2. The minimum atomic E-state index is -0.820. The molecule has 1 aromatic heterocycles. The number of esters is 1. The van der Waals surface area contributed by atoms with Gasteiger partial charge in [0.2, 0.25) is 0 Å². The number of hydrazone groups is 1. The molecule has 0 N–H and O–H groups in total. The quantitative estimate of drug-likeness (QED) is 0.450. The lowest BCUT2D eigenvalue weighted by Crippen LogP contribution is -2.23. The Hall–Kier alpha value is -3.42. The molecule has 150 valence electrons. The number of carbonyl (C=O) groups excluding carboxylic acids is 2. The second kappa shape index (κ2) is 7.78. The fourth-order valence-corrected chi connectivity index (χ4v) is 3.22. The number of ether oxygens (including phenoxy) is 1. The van der Waals surface area contributed by atoms with Crippen LogP contribution < -0.4 is 10.4 Å². The number of methoxy groups -OCH3 is 1. The van der Waals surface area contributed by atoms with Gasteiger partial charge in [-0.3, -0.25) is 9.59 Å². The van der Waals surface area contributed by atoms with Crippen molar-refractivity contribution in [3.63, 3.8) is 0 Å². The number of anilines is 1. The Balaban J connectivity index is 1.84. The monoisotopic (exact) mass is 442 g/mol. The molecule has 0 spiro atoms. The molecule has 0 aliphatic carbocycles. The van der Waals surface area contributed by atoms with Crippen LogP contribution in [0.4, 0.5) is 5.69 Å². The molecule has 1 aliphatic rings. The van der Waals surface area contributed by atoms with E-state index in [2.05, 4.69) is 5.10 Å². The third-order valence-corrected chi connectivity index (χ3v) is 4.88. The molecule has 7 nitrogen and oxygen atoms in total. The van der Waals surface area contributed by atoms with Gasteiger partial charge in [-0.25, -0.2) is 4.79 Å². The highest BCUT2D eigenvalue weighted by Crippen LogP contribution is 2.27. The van der Waals surface area contributed by atoms with E-state index < -0.39 is 17.3 Å². The van der Waals surface area contributed by atoms with Crippen molar-refractivity contribution >= 4 is 63.5 Å². The molecule has 2 heterocycles. The van der Waals surface area contributed by atoms with Crippen LogP contribution in [0.25, 0.3) is 17.0 Å². The standard InChI is InChI=1S/C21H12Cl2N2O5/c1-29-21(28)18-16(20(27)25(24-18)14-5-2-12(22)3-6-14)8-11-10-30-17-7-4-13(23)9-15(17)19(11)26/h2-10H,1H3/b16-8-. The molecule has 1 aliphatic heterocycles. The van der Waals surface area contributed by atoms with Gasteiger partial charge in [0.25, 0.3) is 5.91 Å². The maximum Gasteiger partial charge on any atom is 0.359 e. The molecule has 2 aromatic carbocycles. The fourth-order valence-electron chi connectivity index (χ4n) is 2.92. The smallest absolute Gasteiger partial charge is 0.359 e. The van der Waals surface area contributed by atoms with Crippen LogP contribution >= 0.6 is 23.2 Å². The first-order valence-corrected chi connectivity index (χ1v) is 9.34. The summed E-state index contributed by atoms with van der Waals surface area (Å²) in [7, 11) is 1.17. The van der Waals surface area contributed by atoms with Crippen molar-refractivity contribution in [3.05, 3.63) is 80.1 Å². The van der Waals surface area contributed by atoms with Gasteiger partial charge >= 0.3 is 5.97 Å². The number of halogens is 2. The minimum absolute atomic E-state index is 0.0580. The Morgan fingerprint density at radius 1 is 1.10 bits per heavy atom. The number of hydrogen-bond acceptors (Lipinski definition) is 6. The first-order chi connectivity index (χ1) is 14.4. The highest BCUT2D eigenvalue weighted by Gasteiger charge is 2.36. The average Bonchev–Trinajstić information content (AvgIpc) is 3.06. The molecule has 9 heteroatoms. The van der Waals surface area contributed by atoms with Crippen LogP contribution in [0, 0.1) is 0 Å². The summed E-state index contributed by atoms with van der Waals surface area (Å²) < 4.78 is 10.2. The molecule has 0 radical (unpaired) electrons. The summed E-state index contributed by atoms with van der Waals surface area (Å²) in [5.41, 5.74) is 0.0462. The first kappa shape index (κ1) is 19.9. The topological polar surface area (TPSA) is 89.2 Å². The van der Waals surface area contributed by atoms with Crippen molar-refractivity contribution in [3.8, 4) is 0 Å². The Labute approximate surface area is 179 Å². The van der Waals surface area contributed by atoms with Crippen LogP contribution in [0.1, 0.15) is 5.56 Å². The second-order valence-electron chi connectivity index (χ2n) is 6.25. The average molecular weight is 443 g/mol. The summed E-state index contributed by atoms with van der Waals surface area (Å²) in [6, 6.07) is 11.0. The van der Waals surface area contributed by atoms with Crippen molar-refractivity contribution < 1.29 is 18.7 Å². The van der Waals surface area contributed by atoms with Gasteiger partial charge in [0.05, 0.1) is 29.3 Å². The van der Waals surface area contributed by atoms with E-state index >= 15 is 0 Å². The summed E-state index contributed by atoms with van der Waals surface area (Å²) in [5.74, 6) is -1.43. The molecular weight excluding hydrogens is 431 g/mol. The molecule has 4 rings (SSSR count). The van der Waals surface area contributed by atoms with Gasteiger partial charge in [-0.05, 0) is 48.5 Å². The molecule has 0 saturated heterocycles. The Kier molecular flexibility index (Phi) is 5.15. The summed E-state index contributed by atoms with van der Waals surface area (Å²) in [5, 5.41) is 6.20. The molecule has 0 saturated carbocycles. The highest BCUT2D eigenvalue weighted by molar-refractivity contribution is 6.54. The zero-order chi connectivity index (χ0) is 21.4. The number of amides is 1. The van der Waals surface area contributed by atoms with Gasteiger partial charge in [-0.2, -0.15) is 10.1 Å². The van der Waals surface area contributed by atoms with Gasteiger partial charge in [0.1, 0.15) is 11.8 Å². The minimum Gasteiger partial charge on any atom is -0.464 e. The van der Waals surface area contributed by atoms with Gasteiger partial charge in [-0.1, -0.05) is 23.2 Å². The van der Waals surface area contributed by atoms with Crippen molar-refractivity contribution in [2.24, 2.45) is 5.10 Å². The van der Waals surface area contributed by atoms with E-state index in [4.69, 9.17) is 32.4 Å². The van der Waals surface area contributed by atoms with E-state index in [0.717, 1.165) is 5.01 Å². The number of hydrogen-bond donors (Lipinski definition) is 0. The van der Waals surface area contributed by atoms with Crippen LogP contribution in [-0.2, 0) is 14.3 Å². The van der Waals surface area contributed by atoms with E-state index in [1.54, 1.807) is 36.4 Å². The van der Waals surface area contributed by atoms with Gasteiger partial charge < -0.3 is 9.15 Å². The highest BCUT2D eigenvalue weighted by atomic mass is 35.5. The van der Waals surface area contributed by atoms with Crippen LogP contribution in [0.15, 0.2) is 68.6 Å². The number of fused-ring (bicyclic) bond motifs is 1. The molecule has 1 amide bonds. The third kappa shape index (κ3) is 3.49. The van der Waals surface area contributed by atoms with E-state index in [1.807, 2.05) is 0 Å². The Morgan fingerprint density at radius 2 is 1.80 bits per heavy atom. The van der Waals surface area contributed by atoms with Crippen molar-refractivity contribution in [1.82, 2.24) is 0 Å². The van der Waals surface area contributed by atoms with Gasteiger partial charge in [0, 0.05) is 10.0 Å². The normalized spacial score (nSPS) is 15.0. The van der Waals surface area contributed by atoms with E-state index in [-0.39, 0.29) is 22.2 Å². The van der Waals surface area contributed by atoms with Crippen LogP contribution in [0.2, 0.25) is 10.0 Å². The Bertz CT molecular complexity index is 1310. The van der Waals surface area contributed by atoms with Crippen LogP contribution in [0.3, 0.4) is 0 Å². The number of rotatable bonds is 3. The maximum atomic E-state index is 13.0. The fraction of sp³-hybridized carbons (Fsp3) is 0.0476. The SMILES string of the molecule is COC(=O)C1=NN(c2ccc(Cl)cc2)C(=O)/C1=C\c1coc2ccc(Cl)cc2c1=O. The van der Waals surface area contributed by atoms with Gasteiger partial charge in [0.15, 0.2) is 11.1 Å². The number of nitrogens with zero attached hydrogens (tertiary/aromatic N) is 2. The lowest BCUT2D eigenvalue weighted by Gasteiger charge is -2.11. The van der Waals surface area contributed by atoms with Crippen LogP contribution in [0.5, 0.6) is 0 Å². The first-order valence-electron chi connectivity index (χ1n) is 8.59. The summed E-state index contributed by atoms with van der Waals surface area (Å²) >= 11 is 11.9. The third-order valence-electron chi connectivity index (χ3n) is 4.39. The van der Waals surface area contributed by atoms with E-state index in [9.17, 15) is 14.4 Å². The van der Waals surface area contributed by atoms with Crippen molar-refractivity contribution in [1.29, 1.82) is 0 Å². The predicted octanol–water partition coefficient (Wildman–Crippen LogP) is 4.06. The van der Waals surface area contributed by atoms with Crippen molar-refractivity contribution in [2.75, 3.05) is 12.1 Å². The molecule has 30 heavy (non-hydrogen) atoms. The van der Waals surface area contributed by atoms with E-state index in [0.29, 0.717) is 21.3 Å². The summed E-state index contributed by atoms with van der Waals surface area (Å²) in [6.45, 7) is 0. The second-order valence-corrected chi connectivity index (χ2v) is 7.13. The zero-order valence-corrected chi connectivity index (χ0v) is 16.9.